The second kappa shape index (κ2) is 8.63. The predicted molar refractivity (Wildman–Crippen MR) is 119 cm³/mol. The zero-order valence-electron chi connectivity index (χ0n) is 16.9. The molecule has 152 valence electrons. The van der Waals surface area contributed by atoms with Gasteiger partial charge in [-0.25, -0.2) is 0 Å². The maximum absolute atomic E-state index is 12.9. The number of carbonyl (C=O) groups excluding carboxylic acids is 2. The second-order valence-electron chi connectivity index (χ2n) is 7.02. The van der Waals surface area contributed by atoms with Gasteiger partial charge in [-0.1, -0.05) is 65.9 Å². The number of ether oxygens (including phenoxy) is 1. The van der Waals surface area contributed by atoms with Gasteiger partial charge in [0.1, 0.15) is 6.54 Å². The third-order valence-corrected chi connectivity index (χ3v) is 5.98. The number of carbonyl (C=O) groups is 2. The van der Waals surface area contributed by atoms with Gasteiger partial charge in [0.15, 0.2) is 4.80 Å². The van der Waals surface area contributed by atoms with Gasteiger partial charge in [0, 0.05) is 0 Å². The first-order valence-corrected chi connectivity index (χ1v) is 10.7. The molecule has 0 atom stereocenters. The third kappa shape index (κ3) is 4.04. The minimum Gasteiger partial charge on any atom is -0.465 e. The zero-order chi connectivity index (χ0) is 21.1. The molecule has 4 rings (SSSR count). The number of para-hydroxylation sites is 1. The van der Waals surface area contributed by atoms with Crippen LogP contribution in [-0.4, -0.2) is 23.1 Å². The average Bonchev–Trinajstić information content (AvgIpc) is 3.06. The van der Waals surface area contributed by atoms with Gasteiger partial charge in [-0.2, -0.15) is 4.99 Å². The molecule has 0 bridgehead atoms. The van der Waals surface area contributed by atoms with E-state index in [1.165, 1.54) is 11.3 Å². The Balaban J connectivity index is 1.75. The molecule has 0 radical (unpaired) electrons. The van der Waals surface area contributed by atoms with Crippen LogP contribution in [-0.2, 0) is 27.3 Å². The molecule has 0 aliphatic carbocycles. The highest BCUT2D eigenvalue weighted by molar-refractivity contribution is 7.16. The number of fused-ring (bicyclic) bond motifs is 2. The van der Waals surface area contributed by atoms with Crippen LogP contribution < -0.4 is 4.80 Å². The van der Waals surface area contributed by atoms with E-state index in [1.807, 2.05) is 67.6 Å². The van der Waals surface area contributed by atoms with Crippen molar-refractivity contribution in [3.63, 3.8) is 0 Å². The van der Waals surface area contributed by atoms with Crippen LogP contribution in [0.25, 0.3) is 21.0 Å². The summed E-state index contributed by atoms with van der Waals surface area (Å²) < 4.78 is 7.89. The number of nitrogens with zero attached hydrogens (tertiary/aromatic N) is 2. The smallest absolute Gasteiger partial charge is 0.326 e. The molecule has 3 aromatic carbocycles. The SMILES string of the molecule is CCOC(=O)Cn1c(=NC(=O)Cc2cccc3ccccc23)sc2cccc(C)c21. The maximum Gasteiger partial charge on any atom is 0.326 e. The fraction of sp³-hybridized carbons (Fsp3) is 0.208. The van der Waals surface area contributed by atoms with Gasteiger partial charge in [0.25, 0.3) is 5.91 Å². The summed E-state index contributed by atoms with van der Waals surface area (Å²) in [6.45, 7) is 4.10. The molecule has 1 heterocycles. The van der Waals surface area contributed by atoms with E-state index >= 15 is 0 Å². The summed E-state index contributed by atoms with van der Waals surface area (Å²) >= 11 is 1.41. The summed E-state index contributed by atoms with van der Waals surface area (Å²) in [5.74, 6) is -0.587. The molecule has 0 fully saturated rings. The van der Waals surface area contributed by atoms with Crippen molar-refractivity contribution in [2.24, 2.45) is 4.99 Å². The van der Waals surface area contributed by atoms with Gasteiger partial charge in [0.2, 0.25) is 0 Å². The van der Waals surface area contributed by atoms with Crippen molar-refractivity contribution in [1.29, 1.82) is 0 Å². The molecule has 6 heteroatoms. The lowest BCUT2D eigenvalue weighted by Crippen LogP contribution is -2.23. The Hall–Kier alpha value is -3.25. The number of rotatable bonds is 5. The fourth-order valence-electron chi connectivity index (χ4n) is 3.63. The minimum absolute atomic E-state index is 0.0269. The Kier molecular flexibility index (Phi) is 5.77. The van der Waals surface area contributed by atoms with Gasteiger partial charge in [-0.05, 0) is 41.8 Å². The zero-order valence-corrected chi connectivity index (χ0v) is 17.7. The third-order valence-electron chi connectivity index (χ3n) is 4.94. The number of hydrogen-bond donors (Lipinski definition) is 0. The van der Waals surface area contributed by atoms with Crippen LogP contribution in [0.15, 0.2) is 65.7 Å². The monoisotopic (exact) mass is 418 g/mol. The van der Waals surface area contributed by atoms with Crippen LogP contribution in [0.2, 0.25) is 0 Å². The van der Waals surface area contributed by atoms with Gasteiger partial charge in [-0.3, -0.25) is 9.59 Å². The van der Waals surface area contributed by atoms with Gasteiger partial charge in [0.05, 0.1) is 23.2 Å². The van der Waals surface area contributed by atoms with E-state index in [0.717, 1.165) is 32.1 Å². The summed E-state index contributed by atoms with van der Waals surface area (Å²) in [6, 6.07) is 19.9. The van der Waals surface area contributed by atoms with Crippen LogP contribution in [0.1, 0.15) is 18.1 Å². The summed E-state index contributed by atoms with van der Waals surface area (Å²) in [5, 5.41) is 2.15. The van der Waals surface area contributed by atoms with E-state index in [4.69, 9.17) is 4.74 Å². The number of aryl methyl sites for hydroxylation is 1. The largest absolute Gasteiger partial charge is 0.465 e. The fourth-order valence-corrected chi connectivity index (χ4v) is 4.76. The molecule has 0 unspecified atom stereocenters. The highest BCUT2D eigenvalue weighted by Crippen LogP contribution is 2.22. The first-order chi connectivity index (χ1) is 14.6. The van der Waals surface area contributed by atoms with E-state index in [1.54, 1.807) is 11.5 Å². The van der Waals surface area contributed by atoms with E-state index in [2.05, 4.69) is 4.99 Å². The minimum atomic E-state index is -0.344. The molecule has 0 aliphatic heterocycles. The summed E-state index contributed by atoms with van der Waals surface area (Å²) in [4.78, 5) is 29.9. The first-order valence-electron chi connectivity index (χ1n) is 9.85. The molecular weight excluding hydrogens is 396 g/mol. The number of benzene rings is 3. The summed E-state index contributed by atoms with van der Waals surface area (Å²) in [6.07, 6.45) is 0.202. The van der Waals surface area contributed by atoms with Crippen molar-refractivity contribution in [1.82, 2.24) is 4.57 Å². The quantitative estimate of drug-likeness (QED) is 0.452. The van der Waals surface area contributed by atoms with Crippen molar-refractivity contribution >= 4 is 44.2 Å². The Bertz CT molecular complexity index is 1310. The van der Waals surface area contributed by atoms with Crippen LogP contribution in [0.4, 0.5) is 0 Å². The molecule has 1 amide bonds. The van der Waals surface area contributed by atoms with E-state index in [0.29, 0.717) is 11.4 Å². The lowest BCUT2D eigenvalue weighted by Gasteiger charge is -2.07. The van der Waals surface area contributed by atoms with Crippen LogP contribution in [0.3, 0.4) is 0 Å². The molecule has 4 aromatic rings. The Labute approximate surface area is 178 Å². The van der Waals surface area contributed by atoms with Crippen molar-refractivity contribution in [2.45, 2.75) is 26.8 Å². The normalized spacial score (nSPS) is 11.9. The standard InChI is InChI=1S/C24H22N2O3S/c1-3-29-22(28)15-26-23-16(2)8-6-13-20(23)30-24(26)25-21(27)14-18-11-7-10-17-9-4-5-12-19(17)18/h4-13H,3,14-15H2,1-2H3. The van der Waals surface area contributed by atoms with Crippen molar-refractivity contribution in [3.8, 4) is 0 Å². The van der Waals surface area contributed by atoms with Gasteiger partial charge >= 0.3 is 5.97 Å². The number of hydrogen-bond acceptors (Lipinski definition) is 4. The van der Waals surface area contributed by atoms with Crippen LogP contribution in [0.5, 0.6) is 0 Å². The predicted octanol–water partition coefficient (Wildman–Crippen LogP) is 4.40. The number of amides is 1. The Morgan fingerprint density at radius 3 is 2.63 bits per heavy atom. The van der Waals surface area contributed by atoms with Crippen LogP contribution >= 0.6 is 11.3 Å². The number of esters is 1. The molecule has 0 N–H and O–H groups in total. The van der Waals surface area contributed by atoms with Crippen molar-refractivity contribution in [2.75, 3.05) is 6.61 Å². The Morgan fingerprint density at radius 2 is 1.80 bits per heavy atom. The molecule has 5 nitrogen and oxygen atoms in total. The van der Waals surface area contributed by atoms with Gasteiger partial charge in [-0.15, -0.1) is 0 Å². The van der Waals surface area contributed by atoms with Gasteiger partial charge < -0.3 is 9.30 Å². The van der Waals surface area contributed by atoms with E-state index in [9.17, 15) is 9.59 Å². The molecule has 0 saturated heterocycles. The lowest BCUT2D eigenvalue weighted by molar-refractivity contribution is -0.143. The first kappa shape index (κ1) is 20.0. The lowest BCUT2D eigenvalue weighted by atomic mass is 10.0. The molecule has 30 heavy (non-hydrogen) atoms. The molecular formula is C24H22N2O3S. The molecule has 1 aromatic heterocycles. The van der Waals surface area contributed by atoms with Crippen molar-refractivity contribution < 1.29 is 14.3 Å². The van der Waals surface area contributed by atoms with Crippen LogP contribution in [0, 0.1) is 6.92 Å². The summed E-state index contributed by atoms with van der Waals surface area (Å²) in [5.41, 5.74) is 2.87. The van der Waals surface area contributed by atoms with Crippen molar-refractivity contribution in [3.05, 3.63) is 76.6 Å². The molecule has 0 saturated carbocycles. The molecule has 0 spiro atoms. The van der Waals surface area contributed by atoms with E-state index in [-0.39, 0.29) is 24.8 Å². The highest BCUT2D eigenvalue weighted by atomic mass is 32.1. The Morgan fingerprint density at radius 1 is 1.03 bits per heavy atom. The number of aromatic nitrogens is 1. The highest BCUT2D eigenvalue weighted by Gasteiger charge is 2.14. The topological polar surface area (TPSA) is 60.7 Å². The molecule has 0 aliphatic rings. The maximum atomic E-state index is 12.9. The second-order valence-corrected chi connectivity index (χ2v) is 8.03. The number of thiazole rings is 1. The van der Waals surface area contributed by atoms with E-state index < -0.39 is 0 Å². The average molecular weight is 419 g/mol. The summed E-state index contributed by atoms with van der Waals surface area (Å²) in [7, 11) is 0.